The van der Waals surface area contributed by atoms with Crippen molar-refractivity contribution < 1.29 is 14.0 Å². The summed E-state index contributed by atoms with van der Waals surface area (Å²) < 4.78 is 15.3. The number of carbonyl (C=O) groups is 2. The second kappa shape index (κ2) is 8.09. The number of piperidine rings is 1. The summed E-state index contributed by atoms with van der Waals surface area (Å²) in [6.07, 6.45) is 4.74. The maximum atomic E-state index is 13.6. The fraction of sp³-hybridized carbons (Fsp3) is 0.389. The van der Waals surface area contributed by atoms with E-state index >= 15 is 0 Å². The summed E-state index contributed by atoms with van der Waals surface area (Å²) in [5.41, 5.74) is -0.727. The molecule has 3 N–H and O–H groups in total. The number of nitrogens with zero attached hydrogens (tertiary/aromatic N) is 2. The lowest BCUT2D eigenvalue weighted by Gasteiger charge is -2.36. The molecule has 1 aromatic heterocycles. The average molecular weight is 359 g/mol. The van der Waals surface area contributed by atoms with Crippen molar-refractivity contribution in [1.29, 1.82) is 0 Å². The number of amides is 2. The van der Waals surface area contributed by atoms with Crippen molar-refractivity contribution >= 4 is 11.8 Å². The summed E-state index contributed by atoms with van der Waals surface area (Å²) in [4.78, 5) is 24.8. The third kappa shape index (κ3) is 3.75. The molecular weight excluding hydrogens is 337 g/mol. The van der Waals surface area contributed by atoms with Crippen molar-refractivity contribution in [1.82, 2.24) is 25.7 Å². The molecule has 1 aliphatic rings. The molecular formula is C18H22FN5O2. The molecule has 0 bridgehead atoms. The quantitative estimate of drug-likeness (QED) is 0.661. The Labute approximate surface area is 151 Å². The largest absolute Gasteiger partial charge is 0.352 e. The topological polar surface area (TPSA) is 88.1 Å². The molecule has 0 spiro atoms. The molecule has 1 aromatic carbocycles. The van der Waals surface area contributed by atoms with Gasteiger partial charge >= 0.3 is 0 Å². The van der Waals surface area contributed by atoms with Gasteiger partial charge in [0.15, 0.2) is 0 Å². The molecule has 0 radical (unpaired) electrons. The normalized spacial score (nSPS) is 16.0. The number of carbonyl (C=O) groups excluding carboxylic acids is 2. The first-order valence-electron chi connectivity index (χ1n) is 8.65. The van der Waals surface area contributed by atoms with E-state index in [4.69, 9.17) is 0 Å². The molecule has 3 rings (SSSR count). The third-order valence-corrected chi connectivity index (χ3v) is 4.61. The van der Waals surface area contributed by atoms with Crippen molar-refractivity contribution in [2.75, 3.05) is 26.2 Å². The van der Waals surface area contributed by atoms with E-state index in [9.17, 15) is 14.0 Å². The summed E-state index contributed by atoms with van der Waals surface area (Å²) in [6.45, 7) is 1.94. The van der Waals surface area contributed by atoms with E-state index in [2.05, 4.69) is 21.0 Å². The third-order valence-electron chi connectivity index (χ3n) is 4.61. The molecule has 2 amide bonds. The van der Waals surface area contributed by atoms with Gasteiger partial charge in [-0.15, -0.1) is 0 Å². The Balaban J connectivity index is 1.54. The van der Waals surface area contributed by atoms with Gasteiger partial charge in [-0.3, -0.25) is 14.3 Å². The minimum absolute atomic E-state index is 0.00908. The van der Waals surface area contributed by atoms with Gasteiger partial charge in [0.25, 0.3) is 5.91 Å². The highest BCUT2D eigenvalue weighted by Gasteiger charge is 2.41. The summed E-state index contributed by atoms with van der Waals surface area (Å²) in [5.74, 6) is -1.19. The van der Waals surface area contributed by atoms with Crippen LogP contribution in [0.1, 0.15) is 23.2 Å². The minimum Gasteiger partial charge on any atom is -0.352 e. The molecule has 0 unspecified atom stereocenters. The highest BCUT2D eigenvalue weighted by atomic mass is 19.1. The van der Waals surface area contributed by atoms with Gasteiger partial charge in [-0.05, 0) is 44.1 Å². The van der Waals surface area contributed by atoms with Gasteiger partial charge in [0.05, 0.1) is 5.56 Å². The lowest BCUT2D eigenvalue weighted by atomic mass is 9.87. The maximum absolute atomic E-state index is 13.6. The standard InChI is InChI=1S/C18H22FN5O2/c19-15-5-2-1-4-14(15)16(25)21-11-12-22-17(26)18(6-9-20-10-7-18)24-13-3-8-23-24/h1-5,8,13,20H,6-7,9-12H2,(H,21,25)(H,22,26). The zero-order chi connectivity index (χ0) is 18.4. The van der Waals surface area contributed by atoms with E-state index in [0.29, 0.717) is 12.8 Å². The molecule has 0 saturated carbocycles. The highest BCUT2D eigenvalue weighted by molar-refractivity contribution is 5.94. The Morgan fingerprint density at radius 3 is 2.58 bits per heavy atom. The monoisotopic (exact) mass is 359 g/mol. The van der Waals surface area contributed by atoms with Crippen LogP contribution >= 0.6 is 0 Å². The molecule has 138 valence electrons. The Morgan fingerprint density at radius 2 is 1.88 bits per heavy atom. The molecule has 0 atom stereocenters. The molecule has 1 fully saturated rings. The summed E-state index contributed by atoms with van der Waals surface area (Å²) in [5, 5.41) is 13.0. The number of hydrogen-bond donors (Lipinski definition) is 3. The number of nitrogens with one attached hydrogen (secondary N) is 3. The van der Waals surface area contributed by atoms with E-state index in [-0.39, 0.29) is 24.6 Å². The number of rotatable bonds is 6. The summed E-state index contributed by atoms with van der Waals surface area (Å²) in [7, 11) is 0. The van der Waals surface area contributed by atoms with Gasteiger partial charge in [-0.25, -0.2) is 4.39 Å². The second-order valence-corrected chi connectivity index (χ2v) is 6.22. The van der Waals surface area contributed by atoms with Gasteiger partial charge in [0.2, 0.25) is 5.91 Å². The molecule has 0 aliphatic carbocycles. The molecule has 2 aromatic rings. The lowest BCUT2D eigenvalue weighted by Crippen LogP contribution is -2.55. The predicted octanol–water partition coefficient (Wildman–Crippen LogP) is 0.647. The van der Waals surface area contributed by atoms with Crippen molar-refractivity contribution in [2.45, 2.75) is 18.4 Å². The van der Waals surface area contributed by atoms with E-state index in [1.54, 1.807) is 29.2 Å². The van der Waals surface area contributed by atoms with Gasteiger partial charge in [0, 0.05) is 25.5 Å². The Morgan fingerprint density at radius 1 is 1.15 bits per heavy atom. The predicted molar refractivity (Wildman–Crippen MR) is 94.0 cm³/mol. The highest BCUT2D eigenvalue weighted by Crippen LogP contribution is 2.26. The van der Waals surface area contributed by atoms with Crippen molar-refractivity contribution in [2.24, 2.45) is 0 Å². The van der Waals surface area contributed by atoms with Gasteiger partial charge in [0.1, 0.15) is 11.4 Å². The van der Waals surface area contributed by atoms with E-state index in [1.807, 2.05) is 0 Å². The van der Waals surface area contributed by atoms with E-state index in [1.165, 1.54) is 18.2 Å². The van der Waals surface area contributed by atoms with Crippen molar-refractivity contribution in [3.8, 4) is 0 Å². The molecule has 26 heavy (non-hydrogen) atoms. The van der Waals surface area contributed by atoms with E-state index in [0.717, 1.165) is 13.1 Å². The molecule has 8 heteroatoms. The summed E-state index contributed by atoms with van der Waals surface area (Å²) in [6, 6.07) is 7.59. The number of aromatic nitrogens is 2. The number of halogens is 1. The van der Waals surface area contributed by atoms with Crippen molar-refractivity contribution in [3.05, 3.63) is 54.1 Å². The molecule has 1 saturated heterocycles. The molecule has 7 nitrogen and oxygen atoms in total. The smallest absolute Gasteiger partial charge is 0.254 e. The fourth-order valence-electron chi connectivity index (χ4n) is 3.18. The maximum Gasteiger partial charge on any atom is 0.254 e. The van der Waals surface area contributed by atoms with Crippen LogP contribution in [0.2, 0.25) is 0 Å². The van der Waals surface area contributed by atoms with Crippen LogP contribution in [-0.2, 0) is 10.3 Å². The zero-order valence-corrected chi connectivity index (χ0v) is 14.4. The first-order valence-corrected chi connectivity index (χ1v) is 8.65. The molecule has 2 heterocycles. The Kier molecular flexibility index (Phi) is 5.62. The first kappa shape index (κ1) is 18.1. The summed E-state index contributed by atoms with van der Waals surface area (Å²) >= 11 is 0. The van der Waals surface area contributed by atoms with Crippen LogP contribution in [0, 0.1) is 5.82 Å². The number of benzene rings is 1. The van der Waals surface area contributed by atoms with Crippen LogP contribution in [0.4, 0.5) is 4.39 Å². The second-order valence-electron chi connectivity index (χ2n) is 6.22. The minimum atomic E-state index is -0.718. The first-order chi connectivity index (χ1) is 12.6. The van der Waals surface area contributed by atoms with Crippen LogP contribution in [0.5, 0.6) is 0 Å². The van der Waals surface area contributed by atoms with Crippen LogP contribution < -0.4 is 16.0 Å². The van der Waals surface area contributed by atoms with E-state index < -0.39 is 17.3 Å². The van der Waals surface area contributed by atoms with Crippen molar-refractivity contribution in [3.63, 3.8) is 0 Å². The van der Waals surface area contributed by atoms with Crippen LogP contribution in [-0.4, -0.2) is 47.8 Å². The number of hydrogen-bond acceptors (Lipinski definition) is 4. The molecule has 1 aliphatic heterocycles. The Bertz CT molecular complexity index is 757. The van der Waals surface area contributed by atoms with Crippen LogP contribution in [0.3, 0.4) is 0 Å². The lowest BCUT2D eigenvalue weighted by molar-refractivity contribution is -0.131. The Hall–Kier alpha value is -2.74. The average Bonchev–Trinajstić information content (AvgIpc) is 3.21. The van der Waals surface area contributed by atoms with Crippen LogP contribution in [0.15, 0.2) is 42.7 Å². The van der Waals surface area contributed by atoms with Crippen LogP contribution in [0.25, 0.3) is 0 Å². The van der Waals surface area contributed by atoms with Gasteiger partial charge in [-0.2, -0.15) is 5.10 Å². The zero-order valence-electron chi connectivity index (χ0n) is 14.4. The SMILES string of the molecule is O=C(NCCNC(=O)C1(n2cccn2)CCNCC1)c1ccccc1F. The van der Waals surface area contributed by atoms with Gasteiger partial charge in [-0.1, -0.05) is 12.1 Å². The fourth-order valence-corrected chi connectivity index (χ4v) is 3.18. The van der Waals surface area contributed by atoms with Gasteiger partial charge < -0.3 is 16.0 Å².